The van der Waals surface area contributed by atoms with Crippen molar-refractivity contribution in [1.82, 2.24) is 4.98 Å². The summed E-state index contributed by atoms with van der Waals surface area (Å²) < 4.78 is 5.61. The Kier molecular flexibility index (Phi) is 3.61. The number of halogens is 1. The quantitative estimate of drug-likeness (QED) is 0.904. The molecule has 0 fully saturated rings. The van der Waals surface area contributed by atoms with Gasteiger partial charge in [-0.2, -0.15) is 0 Å². The summed E-state index contributed by atoms with van der Waals surface area (Å²) in [6.07, 6.45) is 1.66. The van der Waals surface area contributed by atoms with E-state index in [0.717, 1.165) is 11.4 Å². The summed E-state index contributed by atoms with van der Waals surface area (Å²) in [6.45, 7) is 1.89. The van der Waals surface area contributed by atoms with Crippen molar-refractivity contribution in [2.75, 3.05) is 0 Å². The van der Waals surface area contributed by atoms with E-state index in [2.05, 4.69) is 4.98 Å². The Bertz CT molecular complexity index is 480. The lowest BCUT2D eigenvalue weighted by Gasteiger charge is -2.07. The molecule has 2 rings (SSSR count). The first-order valence-electron chi connectivity index (χ1n) is 5.30. The molecule has 0 aliphatic carbocycles. The smallest absolute Gasteiger partial charge is 0.145 e. The summed E-state index contributed by atoms with van der Waals surface area (Å²) in [5.41, 5.74) is 6.56. The second-order valence-corrected chi connectivity index (χ2v) is 4.20. The first-order valence-corrected chi connectivity index (χ1v) is 5.68. The number of nitrogens with zero attached hydrogens (tertiary/aromatic N) is 1. The van der Waals surface area contributed by atoms with Crippen LogP contribution in [0.3, 0.4) is 0 Å². The van der Waals surface area contributed by atoms with Gasteiger partial charge in [0.15, 0.2) is 0 Å². The first-order chi connectivity index (χ1) is 8.15. The van der Waals surface area contributed by atoms with Crippen LogP contribution in [0.4, 0.5) is 0 Å². The number of hydrogen-bond acceptors (Lipinski definition) is 3. The SMILES string of the molecule is CC(N)c1ccc(Oc2ccc(Cl)cc2)cn1. The van der Waals surface area contributed by atoms with Crippen LogP contribution in [-0.4, -0.2) is 4.98 Å². The van der Waals surface area contributed by atoms with E-state index in [-0.39, 0.29) is 6.04 Å². The highest BCUT2D eigenvalue weighted by Crippen LogP contribution is 2.22. The van der Waals surface area contributed by atoms with Crippen molar-refractivity contribution in [2.45, 2.75) is 13.0 Å². The maximum Gasteiger partial charge on any atom is 0.145 e. The van der Waals surface area contributed by atoms with Gasteiger partial charge in [0.05, 0.1) is 11.9 Å². The van der Waals surface area contributed by atoms with Crippen LogP contribution in [0.2, 0.25) is 5.02 Å². The summed E-state index contributed by atoms with van der Waals surface area (Å²) in [5.74, 6) is 1.40. The average Bonchev–Trinajstić information content (AvgIpc) is 2.33. The van der Waals surface area contributed by atoms with Crippen LogP contribution in [0.5, 0.6) is 11.5 Å². The summed E-state index contributed by atoms with van der Waals surface area (Å²) in [4.78, 5) is 4.22. The Labute approximate surface area is 105 Å². The molecule has 1 aromatic heterocycles. The zero-order valence-electron chi connectivity index (χ0n) is 9.43. The lowest BCUT2D eigenvalue weighted by molar-refractivity contribution is 0.479. The van der Waals surface area contributed by atoms with Gasteiger partial charge in [-0.1, -0.05) is 11.6 Å². The highest BCUT2D eigenvalue weighted by atomic mass is 35.5. The molecule has 17 heavy (non-hydrogen) atoms. The van der Waals surface area contributed by atoms with E-state index in [1.807, 2.05) is 31.2 Å². The van der Waals surface area contributed by atoms with Crippen LogP contribution in [0.25, 0.3) is 0 Å². The number of rotatable bonds is 3. The van der Waals surface area contributed by atoms with E-state index < -0.39 is 0 Å². The van der Waals surface area contributed by atoms with Crippen molar-refractivity contribution in [2.24, 2.45) is 5.73 Å². The fourth-order valence-corrected chi connectivity index (χ4v) is 1.49. The van der Waals surface area contributed by atoms with Crippen LogP contribution >= 0.6 is 11.6 Å². The molecule has 1 unspecified atom stereocenters. The molecule has 2 N–H and O–H groups in total. The van der Waals surface area contributed by atoms with Crippen molar-refractivity contribution in [1.29, 1.82) is 0 Å². The van der Waals surface area contributed by atoms with Gasteiger partial charge < -0.3 is 10.5 Å². The Balaban J connectivity index is 2.11. The number of benzene rings is 1. The molecule has 0 amide bonds. The van der Waals surface area contributed by atoms with Gasteiger partial charge >= 0.3 is 0 Å². The molecule has 0 aliphatic heterocycles. The highest BCUT2D eigenvalue weighted by molar-refractivity contribution is 6.30. The molecular formula is C13H13ClN2O. The van der Waals surface area contributed by atoms with Gasteiger partial charge in [0.2, 0.25) is 0 Å². The normalized spacial score (nSPS) is 12.2. The average molecular weight is 249 g/mol. The Morgan fingerprint density at radius 1 is 1.12 bits per heavy atom. The molecule has 0 spiro atoms. The maximum absolute atomic E-state index is 5.79. The van der Waals surface area contributed by atoms with E-state index in [9.17, 15) is 0 Å². The lowest BCUT2D eigenvalue weighted by atomic mass is 10.2. The molecule has 3 nitrogen and oxygen atoms in total. The van der Waals surface area contributed by atoms with Gasteiger partial charge in [0, 0.05) is 11.1 Å². The number of aromatic nitrogens is 1. The maximum atomic E-state index is 5.79. The number of ether oxygens (including phenoxy) is 1. The van der Waals surface area contributed by atoms with E-state index in [1.54, 1.807) is 18.3 Å². The van der Waals surface area contributed by atoms with E-state index in [0.29, 0.717) is 10.8 Å². The van der Waals surface area contributed by atoms with E-state index in [4.69, 9.17) is 22.1 Å². The molecule has 0 saturated carbocycles. The summed E-state index contributed by atoms with van der Waals surface area (Å²) >= 11 is 5.79. The van der Waals surface area contributed by atoms with E-state index >= 15 is 0 Å². The van der Waals surface area contributed by atoms with Gasteiger partial charge in [-0.05, 0) is 43.3 Å². The summed E-state index contributed by atoms with van der Waals surface area (Å²) in [5, 5.41) is 0.683. The fourth-order valence-electron chi connectivity index (χ4n) is 1.36. The first kappa shape index (κ1) is 11.9. The second-order valence-electron chi connectivity index (χ2n) is 3.76. The monoisotopic (exact) mass is 248 g/mol. The van der Waals surface area contributed by atoms with Gasteiger partial charge in [-0.15, -0.1) is 0 Å². The molecule has 4 heteroatoms. The summed E-state index contributed by atoms with van der Waals surface area (Å²) in [7, 11) is 0. The molecule has 2 aromatic rings. The largest absolute Gasteiger partial charge is 0.456 e. The third kappa shape index (κ3) is 3.19. The molecule has 1 atom stereocenters. The molecular weight excluding hydrogens is 236 g/mol. The molecule has 0 bridgehead atoms. The van der Waals surface area contributed by atoms with Crippen LogP contribution < -0.4 is 10.5 Å². The van der Waals surface area contributed by atoms with Crippen molar-refractivity contribution >= 4 is 11.6 Å². The minimum absolute atomic E-state index is 0.0698. The van der Waals surface area contributed by atoms with Crippen molar-refractivity contribution < 1.29 is 4.74 Å². The Morgan fingerprint density at radius 2 is 1.76 bits per heavy atom. The van der Waals surface area contributed by atoms with Gasteiger partial charge in [-0.25, -0.2) is 0 Å². The van der Waals surface area contributed by atoms with Crippen molar-refractivity contribution in [3.8, 4) is 11.5 Å². The Morgan fingerprint density at radius 3 is 2.29 bits per heavy atom. The summed E-state index contributed by atoms with van der Waals surface area (Å²) in [6, 6.07) is 10.8. The minimum Gasteiger partial charge on any atom is -0.456 e. The zero-order valence-corrected chi connectivity index (χ0v) is 10.2. The van der Waals surface area contributed by atoms with Gasteiger partial charge in [0.25, 0.3) is 0 Å². The second kappa shape index (κ2) is 5.17. The predicted octanol–water partition coefficient (Wildman–Crippen LogP) is 3.55. The van der Waals surface area contributed by atoms with E-state index in [1.165, 1.54) is 0 Å². The lowest BCUT2D eigenvalue weighted by Crippen LogP contribution is -2.06. The number of nitrogens with two attached hydrogens (primary N) is 1. The standard InChI is InChI=1S/C13H13ClN2O/c1-9(15)13-7-6-12(8-16-13)17-11-4-2-10(14)3-5-11/h2-9H,15H2,1H3. The van der Waals surface area contributed by atoms with Gasteiger partial charge in [-0.3, -0.25) is 4.98 Å². The van der Waals surface area contributed by atoms with Crippen molar-refractivity contribution in [3.05, 3.63) is 53.3 Å². The molecule has 1 aromatic carbocycles. The van der Waals surface area contributed by atoms with Crippen LogP contribution in [0.15, 0.2) is 42.6 Å². The Hall–Kier alpha value is -1.58. The minimum atomic E-state index is -0.0698. The van der Waals surface area contributed by atoms with Crippen LogP contribution in [0, 0.1) is 0 Å². The molecule has 0 saturated heterocycles. The third-order valence-corrected chi connectivity index (χ3v) is 2.53. The topological polar surface area (TPSA) is 48.1 Å². The van der Waals surface area contributed by atoms with Crippen molar-refractivity contribution in [3.63, 3.8) is 0 Å². The third-order valence-electron chi connectivity index (χ3n) is 2.28. The van der Waals surface area contributed by atoms with Gasteiger partial charge in [0.1, 0.15) is 11.5 Å². The molecule has 0 aliphatic rings. The molecule has 88 valence electrons. The predicted molar refractivity (Wildman–Crippen MR) is 68.4 cm³/mol. The zero-order chi connectivity index (χ0) is 12.3. The molecule has 0 radical (unpaired) electrons. The number of hydrogen-bond donors (Lipinski definition) is 1. The highest BCUT2D eigenvalue weighted by Gasteiger charge is 2.02. The van der Waals surface area contributed by atoms with Crippen LogP contribution in [-0.2, 0) is 0 Å². The van der Waals surface area contributed by atoms with Crippen LogP contribution in [0.1, 0.15) is 18.7 Å². The molecule has 1 heterocycles. The number of pyridine rings is 1. The fraction of sp³-hybridized carbons (Fsp3) is 0.154.